The zero-order valence-corrected chi connectivity index (χ0v) is 10.9. The Morgan fingerprint density at radius 3 is 2.50 bits per heavy atom. The van der Waals surface area contributed by atoms with Crippen molar-refractivity contribution in [3.63, 3.8) is 0 Å². The van der Waals surface area contributed by atoms with E-state index in [1.165, 1.54) is 25.8 Å². The van der Waals surface area contributed by atoms with Gasteiger partial charge in [0.2, 0.25) is 0 Å². The van der Waals surface area contributed by atoms with E-state index in [9.17, 15) is 0 Å². The maximum Gasteiger partial charge on any atom is 0.0678 e. The third-order valence-electron chi connectivity index (χ3n) is 4.02. The molecule has 0 aromatic heterocycles. The van der Waals surface area contributed by atoms with Gasteiger partial charge in [-0.25, -0.2) is 0 Å². The van der Waals surface area contributed by atoms with Gasteiger partial charge in [-0.3, -0.25) is 4.90 Å². The average molecular weight is 226 g/mol. The monoisotopic (exact) mass is 226 g/mol. The van der Waals surface area contributed by atoms with Crippen molar-refractivity contribution in [2.24, 2.45) is 5.92 Å². The van der Waals surface area contributed by atoms with Crippen molar-refractivity contribution in [1.82, 2.24) is 10.2 Å². The molecule has 2 aliphatic rings. The molecule has 1 aliphatic heterocycles. The van der Waals surface area contributed by atoms with Crippen LogP contribution in [0.3, 0.4) is 0 Å². The van der Waals surface area contributed by atoms with Crippen molar-refractivity contribution in [1.29, 1.82) is 0 Å². The summed E-state index contributed by atoms with van der Waals surface area (Å²) >= 11 is 0. The van der Waals surface area contributed by atoms with Crippen LogP contribution in [-0.2, 0) is 4.74 Å². The van der Waals surface area contributed by atoms with Gasteiger partial charge in [-0.1, -0.05) is 6.42 Å². The van der Waals surface area contributed by atoms with E-state index in [2.05, 4.69) is 31.1 Å². The van der Waals surface area contributed by atoms with Gasteiger partial charge in [-0.05, 0) is 39.7 Å². The molecular weight excluding hydrogens is 200 g/mol. The summed E-state index contributed by atoms with van der Waals surface area (Å²) in [6.07, 6.45) is 4.95. The van der Waals surface area contributed by atoms with E-state index in [0.717, 1.165) is 25.0 Å². The van der Waals surface area contributed by atoms with E-state index in [1.54, 1.807) is 0 Å². The molecule has 4 atom stereocenters. The molecule has 2 fully saturated rings. The lowest BCUT2D eigenvalue weighted by atomic mass is 10.0. The van der Waals surface area contributed by atoms with E-state index >= 15 is 0 Å². The largest absolute Gasteiger partial charge is 0.373 e. The number of morpholine rings is 1. The van der Waals surface area contributed by atoms with Gasteiger partial charge in [0.1, 0.15) is 0 Å². The first-order valence-electron chi connectivity index (χ1n) is 6.74. The maximum absolute atomic E-state index is 5.78. The van der Waals surface area contributed by atoms with Crippen molar-refractivity contribution < 1.29 is 4.74 Å². The Morgan fingerprint density at radius 1 is 1.19 bits per heavy atom. The van der Waals surface area contributed by atoms with Crippen LogP contribution in [0.2, 0.25) is 0 Å². The molecule has 94 valence electrons. The fraction of sp³-hybridized carbons (Fsp3) is 1.00. The van der Waals surface area contributed by atoms with Crippen LogP contribution in [0.15, 0.2) is 0 Å². The van der Waals surface area contributed by atoms with Gasteiger partial charge in [0.15, 0.2) is 0 Å². The van der Waals surface area contributed by atoms with Crippen molar-refractivity contribution >= 4 is 0 Å². The Labute approximate surface area is 99.5 Å². The van der Waals surface area contributed by atoms with Crippen LogP contribution in [0, 0.1) is 5.92 Å². The molecular formula is C13H26N2O. The first-order chi connectivity index (χ1) is 7.69. The standard InChI is InChI=1S/C13H26N2O/c1-10-7-15(8-11(2)16-10)9-12-5-4-6-13(12)14-3/h10-14H,4-9H2,1-3H3. The third kappa shape index (κ3) is 2.96. The Morgan fingerprint density at radius 2 is 1.88 bits per heavy atom. The highest BCUT2D eigenvalue weighted by molar-refractivity contribution is 4.86. The molecule has 1 aliphatic carbocycles. The van der Waals surface area contributed by atoms with E-state index in [-0.39, 0.29) is 0 Å². The highest BCUT2D eigenvalue weighted by Gasteiger charge is 2.30. The molecule has 0 spiro atoms. The molecule has 2 rings (SSSR count). The van der Waals surface area contributed by atoms with Crippen molar-refractivity contribution in [2.75, 3.05) is 26.7 Å². The summed E-state index contributed by atoms with van der Waals surface area (Å²) in [6.45, 7) is 7.85. The van der Waals surface area contributed by atoms with Crippen LogP contribution in [0.4, 0.5) is 0 Å². The molecule has 0 amide bonds. The highest BCUT2D eigenvalue weighted by atomic mass is 16.5. The zero-order valence-electron chi connectivity index (χ0n) is 10.9. The fourth-order valence-electron chi connectivity index (χ4n) is 3.40. The molecule has 16 heavy (non-hydrogen) atoms. The third-order valence-corrected chi connectivity index (χ3v) is 4.02. The van der Waals surface area contributed by atoms with Crippen LogP contribution < -0.4 is 5.32 Å². The summed E-state index contributed by atoms with van der Waals surface area (Å²) in [5.74, 6) is 0.850. The number of nitrogens with zero attached hydrogens (tertiary/aromatic N) is 1. The van der Waals surface area contributed by atoms with E-state index in [0.29, 0.717) is 12.2 Å². The average Bonchev–Trinajstić information content (AvgIpc) is 2.63. The van der Waals surface area contributed by atoms with Gasteiger partial charge in [-0.15, -0.1) is 0 Å². The van der Waals surface area contributed by atoms with Crippen molar-refractivity contribution in [2.45, 2.75) is 51.4 Å². The second-order valence-electron chi connectivity index (χ2n) is 5.56. The minimum atomic E-state index is 0.401. The minimum Gasteiger partial charge on any atom is -0.373 e. The number of nitrogens with one attached hydrogen (secondary N) is 1. The van der Waals surface area contributed by atoms with Crippen LogP contribution in [0.25, 0.3) is 0 Å². The molecule has 0 aromatic rings. The van der Waals surface area contributed by atoms with Gasteiger partial charge in [0, 0.05) is 25.7 Å². The van der Waals surface area contributed by atoms with Gasteiger partial charge < -0.3 is 10.1 Å². The maximum atomic E-state index is 5.78. The Kier molecular flexibility index (Phi) is 4.22. The van der Waals surface area contributed by atoms with Gasteiger partial charge in [0.05, 0.1) is 12.2 Å². The van der Waals surface area contributed by atoms with Crippen molar-refractivity contribution in [3.05, 3.63) is 0 Å². The molecule has 4 unspecified atom stereocenters. The van der Waals surface area contributed by atoms with Crippen molar-refractivity contribution in [3.8, 4) is 0 Å². The van der Waals surface area contributed by atoms with Gasteiger partial charge in [0.25, 0.3) is 0 Å². The minimum absolute atomic E-state index is 0.401. The molecule has 1 N–H and O–H groups in total. The SMILES string of the molecule is CNC1CCCC1CN1CC(C)OC(C)C1. The Hall–Kier alpha value is -0.120. The molecule has 1 saturated heterocycles. The Balaban J connectivity index is 1.84. The highest BCUT2D eigenvalue weighted by Crippen LogP contribution is 2.27. The first-order valence-corrected chi connectivity index (χ1v) is 6.74. The lowest BCUT2D eigenvalue weighted by molar-refractivity contribution is -0.0718. The summed E-state index contributed by atoms with van der Waals surface area (Å²) < 4.78 is 5.78. The normalized spacial score (nSPS) is 41.4. The number of rotatable bonds is 3. The lowest BCUT2D eigenvalue weighted by Gasteiger charge is -2.37. The smallest absolute Gasteiger partial charge is 0.0678 e. The van der Waals surface area contributed by atoms with E-state index in [1.807, 2.05) is 0 Å². The van der Waals surface area contributed by atoms with Crippen LogP contribution >= 0.6 is 0 Å². The molecule has 3 nitrogen and oxygen atoms in total. The van der Waals surface area contributed by atoms with E-state index in [4.69, 9.17) is 4.74 Å². The second kappa shape index (κ2) is 5.48. The van der Waals surface area contributed by atoms with Crippen LogP contribution in [0.1, 0.15) is 33.1 Å². The van der Waals surface area contributed by atoms with Gasteiger partial charge in [-0.2, -0.15) is 0 Å². The molecule has 0 aromatic carbocycles. The summed E-state index contributed by atoms with van der Waals surface area (Å²) in [6, 6.07) is 0.744. The second-order valence-corrected chi connectivity index (χ2v) is 5.56. The zero-order chi connectivity index (χ0) is 11.5. The van der Waals surface area contributed by atoms with E-state index < -0.39 is 0 Å². The summed E-state index contributed by atoms with van der Waals surface area (Å²) in [4.78, 5) is 2.60. The number of ether oxygens (including phenoxy) is 1. The fourth-order valence-corrected chi connectivity index (χ4v) is 3.40. The molecule has 1 saturated carbocycles. The number of hydrogen-bond acceptors (Lipinski definition) is 3. The predicted molar refractivity (Wildman–Crippen MR) is 66.6 cm³/mol. The van der Waals surface area contributed by atoms with Crippen LogP contribution in [-0.4, -0.2) is 49.8 Å². The van der Waals surface area contributed by atoms with Crippen LogP contribution in [0.5, 0.6) is 0 Å². The molecule has 0 radical (unpaired) electrons. The Bertz CT molecular complexity index is 212. The number of hydrogen-bond donors (Lipinski definition) is 1. The molecule has 3 heteroatoms. The quantitative estimate of drug-likeness (QED) is 0.789. The summed E-state index contributed by atoms with van der Waals surface area (Å²) in [7, 11) is 2.10. The first kappa shape index (κ1) is 12.3. The molecule has 1 heterocycles. The lowest BCUT2D eigenvalue weighted by Crippen LogP contribution is -2.48. The predicted octanol–water partition coefficient (Wildman–Crippen LogP) is 1.48. The van der Waals surface area contributed by atoms with Gasteiger partial charge >= 0.3 is 0 Å². The topological polar surface area (TPSA) is 24.5 Å². The molecule has 0 bridgehead atoms. The summed E-state index contributed by atoms with van der Waals surface area (Å²) in [5.41, 5.74) is 0. The summed E-state index contributed by atoms with van der Waals surface area (Å²) in [5, 5.41) is 3.47.